The molecule has 2 aliphatic heterocycles. The number of halogens is 2. The Hall–Kier alpha value is -2.47. The van der Waals surface area contributed by atoms with Crippen molar-refractivity contribution in [1.82, 2.24) is 9.80 Å². The Kier molecular flexibility index (Phi) is 5.57. The first-order valence-electron chi connectivity index (χ1n) is 9.89. The molecule has 0 saturated carbocycles. The van der Waals surface area contributed by atoms with Crippen LogP contribution in [-0.4, -0.2) is 54.5 Å². The number of piperazine rings is 1. The van der Waals surface area contributed by atoms with Crippen molar-refractivity contribution in [2.75, 3.05) is 37.6 Å². The molecule has 2 heterocycles. The summed E-state index contributed by atoms with van der Waals surface area (Å²) in [7, 11) is 0. The molecule has 148 valence electrons. The fourth-order valence-electron chi connectivity index (χ4n) is 4.23. The number of nitrogens with zero attached hydrogens (tertiary/aromatic N) is 3. The number of carbonyl (C=O) groups is 1. The molecule has 28 heavy (non-hydrogen) atoms. The highest BCUT2D eigenvalue weighted by molar-refractivity contribution is 5.82. The van der Waals surface area contributed by atoms with Crippen LogP contribution in [0, 0.1) is 11.6 Å². The second kappa shape index (κ2) is 8.27. The molecule has 2 aliphatic rings. The van der Waals surface area contributed by atoms with Crippen molar-refractivity contribution in [2.45, 2.75) is 25.4 Å². The van der Waals surface area contributed by atoms with Gasteiger partial charge in [0.1, 0.15) is 11.6 Å². The average Bonchev–Trinajstić information content (AvgIpc) is 3.18. The van der Waals surface area contributed by atoms with Gasteiger partial charge in [-0.25, -0.2) is 8.78 Å². The Morgan fingerprint density at radius 1 is 0.893 bits per heavy atom. The molecule has 2 saturated heterocycles. The Bertz CT molecular complexity index is 836. The lowest BCUT2D eigenvalue weighted by Gasteiger charge is -2.38. The van der Waals surface area contributed by atoms with Crippen molar-refractivity contribution >= 4 is 11.6 Å². The molecule has 0 aromatic heterocycles. The zero-order valence-electron chi connectivity index (χ0n) is 15.9. The van der Waals surface area contributed by atoms with Gasteiger partial charge in [0, 0.05) is 38.3 Å². The molecule has 0 aliphatic carbocycles. The fourth-order valence-corrected chi connectivity index (χ4v) is 4.23. The molecule has 2 aromatic rings. The van der Waals surface area contributed by atoms with E-state index in [1.54, 1.807) is 24.3 Å². The van der Waals surface area contributed by atoms with Gasteiger partial charge < -0.3 is 9.80 Å². The van der Waals surface area contributed by atoms with Crippen molar-refractivity contribution in [1.29, 1.82) is 0 Å². The summed E-state index contributed by atoms with van der Waals surface area (Å²) in [5.41, 5.74) is 1.23. The van der Waals surface area contributed by atoms with Gasteiger partial charge in [0.2, 0.25) is 5.91 Å². The van der Waals surface area contributed by atoms with Gasteiger partial charge >= 0.3 is 0 Å². The van der Waals surface area contributed by atoms with Crippen LogP contribution in [0.1, 0.15) is 18.4 Å². The highest BCUT2D eigenvalue weighted by Crippen LogP contribution is 2.25. The minimum Gasteiger partial charge on any atom is -0.366 e. The van der Waals surface area contributed by atoms with Crippen molar-refractivity contribution < 1.29 is 13.6 Å². The Morgan fingerprint density at radius 3 is 2.29 bits per heavy atom. The van der Waals surface area contributed by atoms with E-state index >= 15 is 0 Å². The van der Waals surface area contributed by atoms with Crippen LogP contribution in [0.25, 0.3) is 0 Å². The maximum Gasteiger partial charge on any atom is 0.240 e. The van der Waals surface area contributed by atoms with Crippen LogP contribution in [0.15, 0.2) is 48.5 Å². The SMILES string of the molecule is O=C(C1CCCN1Cc1ccccc1F)N1CCN(c2ccccc2F)CC1. The molecule has 6 heteroatoms. The molecular formula is C22H25F2N3O. The number of rotatable bonds is 4. The number of carbonyl (C=O) groups excluding carboxylic acids is 1. The summed E-state index contributed by atoms with van der Waals surface area (Å²) in [6.07, 6.45) is 1.75. The number of hydrogen-bond acceptors (Lipinski definition) is 3. The average molecular weight is 385 g/mol. The summed E-state index contributed by atoms with van der Waals surface area (Å²) < 4.78 is 28.0. The van der Waals surface area contributed by atoms with Crippen molar-refractivity contribution in [3.05, 3.63) is 65.7 Å². The van der Waals surface area contributed by atoms with Crippen molar-refractivity contribution in [2.24, 2.45) is 0 Å². The number of benzene rings is 2. The second-order valence-corrected chi connectivity index (χ2v) is 7.48. The molecule has 0 radical (unpaired) electrons. The third-order valence-corrected chi connectivity index (χ3v) is 5.76. The van der Waals surface area contributed by atoms with E-state index in [0.29, 0.717) is 44.0 Å². The maximum absolute atomic E-state index is 14.0. The molecule has 0 bridgehead atoms. The third-order valence-electron chi connectivity index (χ3n) is 5.76. The first-order chi connectivity index (χ1) is 13.6. The summed E-state index contributed by atoms with van der Waals surface area (Å²) in [6.45, 7) is 3.66. The number of hydrogen-bond donors (Lipinski definition) is 0. The number of anilines is 1. The minimum atomic E-state index is -0.228. The summed E-state index contributed by atoms with van der Waals surface area (Å²) in [5.74, 6) is -0.338. The van der Waals surface area contributed by atoms with E-state index in [1.165, 1.54) is 12.1 Å². The Labute approximate surface area is 164 Å². The maximum atomic E-state index is 14.0. The normalized spacial score (nSPS) is 20.6. The molecule has 4 nitrogen and oxygen atoms in total. The van der Waals surface area contributed by atoms with Gasteiger partial charge in [-0.1, -0.05) is 30.3 Å². The lowest BCUT2D eigenvalue weighted by molar-refractivity contribution is -0.136. The monoisotopic (exact) mass is 385 g/mol. The molecular weight excluding hydrogens is 360 g/mol. The van der Waals surface area contributed by atoms with Crippen LogP contribution in [0.2, 0.25) is 0 Å². The summed E-state index contributed by atoms with van der Waals surface area (Å²) in [5, 5.41) is 0. The standard InChI is InChI=1S/C22H25F2N3O/c23-18-7-2-1-6-17(18)16-27-11-5-10-21(27)22(28)26-14-12-25(13-15-26)20-9-4-3-8-19(20)24/h1-4,6-9,21H,5,10-16H2. The predicted octanol–water partition coefficient (Wildman–Crippen LogP) is 3.28. The van der Waals surface area contributed by atoms with Gasteiger partial charge in [0.15, 0.2) is 0 Å². The first kappa shape index (κ1) is 18.9. The van der Waals surface area contributed by atoms with E-state index in [-0.39, 0.29) is 23.6 Å². The van der Waals surface area contributed by atoms with Gasteiger partial charge in [-0.15, -0.1) is 0 Å². The van der Waals surface area contributed by atoms with Crippen molar-refractivity contribution in [3.8, 4) is 0 Å². The van der Waals surface area contributed by atoms with E-state index in [4.69, 9.17) is 0 Å². The number of likely N-dealkylation sites (tertiary alicyclic amines) is 1. The van der Waals surface area contributed by atoms with Crippen LogP contribution in [0.4, 0.5) is 14.5 Å². The number of para-hydroxylation sites is 1. The third kappa shape index (κ3) is 3.87. The van der Waals surface area contributed by atoms with Crippen LogP contribution >= 0.6 is 0 Å². The highest BCUT2D eigenvalue weighted by atomic mass is 19.1. The highest BCUT2D eigenvalue weighted by Gasteiger charge is 2.35. The minimum absolute atomic E-state index is 0.113. The lowest BCUT2D eigenvalue weighted by atomic mass is 10.1. The second-order valence-electron chi connectivity index (χ2n) is 7.48. The molecule has 4 rings (SSSR count). The van der Waals surface area contributed by atoms with Gasteiger partial charge in [0.25, 0.3) is 0 Å². The molecule has 2 fully saturated rings. The van der Waals surface area contributed by atoms with Gasteiger partial charge in [-0.3, -0.25) is 9.69 Å². The molecule has 0 spiro atoms. The van der Waals surface area contributed by atoms with Gasteiger partial charge in [0.05, 0.1) is 11.7 Å². The number of amides is 1. The summed E-state index contributed by atoms with van der Waals surface area (Å²) in [6, 6.07) is 13.3. The smallest absolute Gasteiger partial charge is 0.240 e. The van der Waals surface area contributed by atoms with E-state index < -0.39 is 0 Å². The largest absolute Gasteiger partial charge is 0.366 e. The molecule has 1 atom stereocenters. The van der Waals surface area contributed by atoms with E-state index in [0.717, 1.165) is 19.4 Å². The van der Waals surface area contributed by atoms with Gasteiger partial charge in [-0.05, 0) is 37.6 Å². The molecule has 1 amide bonds. The molecule has 2 aromatic carbocycles. The lowest BCUT2D eigenvalue weighted by Crippen LogP contribution is -2.53. The topological polar surface area (TPSA) is 26.8 Å². The van der Waals surface area contributed by atoms with E-state index in [1.807, 2.05) is 21.9 Å². The van der Waals surface area contributed by atoms with Crippen LogP contribution in [0.3, 0.4) is 0 Å². The van der Waals surface area contributed by atoms with Crippen molar-refractivity contribution in [3.63, 3.8) is 0 Å². The zero-order chi connectivity index (χ0) is 19.5. The molecule has 0 N–H and O–H groups in total. The Morgan fingerprint density at radius 2 is 1.57 bits per heavy atom. The van der Waals surface area contributed by atoms with Crippen LogP contribution in [0.5, 0.6) is 0 Å². The van der Waals surface area contributed by atoms with Gasteiger partial charge in [-0.2, -0.15) is 0 Å². The summed E-state index contributed by atoms with van der Waals surface area (Å²) >= 11 is 0. The first-order valence-corrected chi connectivity index (χ1v) is 9.89. The van der Waals surface area contributed by atoms with Crippen LogP contribution in [-0.2, 0) is 11.3 Å². The predicted molar refractivity (Wildman–Crippen MR) is 105 cm³/mol. The Balaban J connectivity index is 1.38. The zero-order valence-corrected chi connectivity index (χ0v) is 15.9. The molecule has 1 unspecified atom stereocenters. The summed E-state index contributed by atoms with van der Waals surface area (Å²) in [4.78, 5) is 19.0. The van der Waals surface area contributed by atoms with Crippen LogP contribution < -0.4 is 4.90 Å². The van der Waals surface area contributed by atoms with E-state index in [9.17, 15) is 13.6 Å². The fraction of sp³-hybridized carbons (Fsp3) is 0.409. The van der Waals surface area contributed by atoms with E-state index in [2.05, 4.69) is 4.90 Å². The quantitative estimate of drug-likeness (QED) is 0.808.